The topological polar surface area (TPSA) is 75.6 Å². The highest BCUT2D eigenvalue weighted by Gasteiger charge is 2.11. The molecule has 0 atom stereocenters. The number of aryl methyl sites for hydroxylation is 1. The van der Waals surface area contributed by atoms with Gasteiger partial charge in [-0.3, -0.25) is 9.59 Å². The number of ether oxygens (including phenoxy) is 1. The highest BCUT2D eigenvalue weighted by molar-refractivity contribution is 5.97. The first-order valence-corrected chi connectivity index (χ1v) is 5.19. The molecule has 1 rings (SSSR count). The van der Waals surface area contributed by atoms with Crippen molar-refractivity contribution in [2.75, 3.05) is 13.7 Å². The van der Waals surface area contributed by atoms with Crippen LogP contribution in [0.3, 0.4) is 0 Å². The second kappa shape index (κ2) is 5.89. The number of hydrogen-bond donors (Lipinski definition) is 2. The molecule has 1 aromatic carbocycles. The first-order valence-electron chi connectivity index (χ1n) is 5.19. The van der Waals surface area contributed by atoms with Crippen LogP contribution in [0, 0.1) is 6.92 Å². The van der Waals surface area contributed by atoms with Crippen molar-refractivity contribution >= 4 is 11.9 Å². The molecule has 0 aliphatic rings. The predicted octanol–water partition coefficient (Wildman–Crippen LogP) is 1.21. The zero-order valence-electron chi connectivity index (χ0n) is 9.82. The standard InChI is InChI=1S/C12H15NO4/c1-8-3-4-9(10(7-8)17-2)12(16)13-6-5-11(14)15/h3-4,7H,5-6H2,1-2H3,(H,13,16)(H,14,15). The van der Waals surface area contributed by atoms with Crippen molar-refractivity contribution in [3.8, 4) is 5.75 Å². The monoisotopic (exact) mass is 237 g/mol. The van der Waals surface area contributed by atoms with E-state index in [0.717, 1.165) is 5.56 Å². The van der Waals surface area contributed by atoms with Crippen LogP contribution in [0.15, 0.2) is 18.2 Å². The normalized spacial score (nSPS) is 9.76. The smallest absolute Gasteiger partial charge is 0.305 e. The minimum atomic E-state index is -0.943. The zero-order valence-corrected chi connectivity index (χ0v) is 9.82. The van der Waals surface area contributed by atoms with Gasteiger partial charge in [0, 0.05) is 6.54 Å². The Morgan fingerprint density at radius 2 is 2.12 bits per heavy atom. The molecule has 92 valence electrons. The maximum Gasteiger partial charge on any atom is 0.305 e. The molecule has 0 aromatic heterocycles. The lowest BCUT2D eigenvalue weighted by atomic mass is 10.1. The van der Waals surface area contributed by atoms with Crippen LogP contribution in [-0.4, -0.2) is 30.6 Å². The third-order valence-corrected chi connectivity index (χ3v) is 2.23. The van der Waals surface area contributed by atoms with Gasteiger partial charge in [-0.15, -0.1) is 0 Å². The van der Waals surface area contributed by atoms with Crippen molar-refractivity contribution in [3.63, 3.8) is 0 Å². The average Bonchev–Trinajstić information content (AvgIpc) is 2.28. The number of carbonyl (C=O) groups excluding carboxylic acids is 1. The summed E-state index contributed by atoms with van der Waals surface area (Å²) in [5.74, 6) is -0.790. The summed E-state index contributed by atoms with van der Waals surface area (Å²) in [5.41, 5.74) is 1.40. The van der Waals surface area contributed by atoms with Gasteiger partial charge in [0.2, 0.25) is 0 Å². The average molecular weight is 237 g/mol. The van der Waals surface area contributed by atoms with E-state index in [9.17, 15) is 9.59 Å². The Morgan fingerprint density at radius 3 is 2.71 bits per heavy atom. The summed E-state index contributed by atoms with van der Waals surface area (Å²) in [6.45, 7) is 2.00. The Kier molecular flexibility index (Phi) is 4.51. The lowest BCUT2D eigenvalue weighted by Crippen LogP contribution is -2.26. The molecule has 0 saturated heterocycles. The number of carboxylic acids is 1. The predicted molar refractivity (Wildman–Crippen MR) is 62.3 cm³/mol. The number of carbonyl (C=O) groups is 2. The maximum absolute atomic E-state index is 11.7. The molecular weight excluding hydrogens is 222 g/mol. The van der Waals surface area contributed by atoms with E-state index in [1.807, 2.05) is 6.92 Å². The van der Waals surface area contributed by atoms with Crippen LogP contribution in [0.4, 0.5) is 0 Å². The summed E-state index contributed by atoms with van der Waals surface area (Å²) in [5, 5.41) is 11.0. The molecule has 1 amide bonds. The van der Waals surface area contributed by atoms with Gasteiger partial charge in [-0.25, -0.2) is 0 Å². The van der Waals surface area contributed by atoms with Crippen LogP contribution in [0.25, 0.3) is 0 Å². The SMILES string of the molecule is COc1cc(C)ccc1C(=O)NCCC(=O)O. The Hall–Kier alpha value is -2.04. The number of amides is 1. The fourth-order valence-corrected chi connectivity index (χ4v) is 1.36. The summed E-state index contributed by atoms with van der Waals surface area (Å²) in [4.78, 5) is 22.0. The van der Waals surface area contributed by atoms with E-state index >= 15 is 0 Å². The van der Waals surface area contributed by atoms with Crippen molar-refractivity contribution in [3.05, 3.63) is 29.3 Å². The molecule has 2 N–H and O–H groups in total. The largest absolute Gasteiger partial charge is 0.496 e. The van der Waals surface area contributed by atoms with E-state index in [1.54, 1.807) is 18.2 Å². The molecule has 17 heavy (non-hydrogen) atoms. The molecule has 0 spiro atoms. The number of aliphatic carboxylic acids is 1. The molecule has 0 saturated carbocycles. The molecular formula is C12H15NO4. The Labute approximate surface area is 99.4 Å². The number of hydrogen-bond acceptors (Lipinski definition) is 3. The van der Waals surface area contributed by atoms with Gasteiger partial charge in [-0.1, -0.05) is 6.07 Å². The lowest BCUT2D eigenvalue weighted by Gasteiger charge is -2.09. The fourth-order valence-electron chi connectivity index (χ4n) is 1.36. The Morgan fingerprint density at radius 1 is 1.41 bits per heavy atom. The summed E-state index contributed by atoms with van der Waals surface area (Å²) < 4.78 is 5.10. The number of methoxy groups -OCH3 is 1. The van der Waals surface area contributed by atoms with Gasteiger partial charge in [0.25, 0.3) is 5.91 Å². The highest BCUT2D eigenvalue weighted by Crippen LogP contribution is 2.19. The van der Waals surface area contributed by atoms with Gasteiger partial charge >= 0.3 is 5.97 Å². The van der Waals surface area contributed by atoms with Crippen molar-refractivity contribution < 1.29 is 19.4 Å². The van der Waals surface area contributed by atoms with Gasteiger partial charge in [0.1, 0.15) is 5.75 Å². The van der Waals surface area contributed by atoms with Crippen molar-refractivity contribution in [1.29, 1.82) is 0 Å². The summed E-state index contributed by atoms with van der Waals surface area (Å²) in [6.07, 6.45) is -0.0973. The van der Waals surface area contributed by atoms with Gasteiger partial charge in [-0.2, -0.15) is 0 Å². The third kappa shape index (κ3) is 3.79. The van der Waals surface area contributed by atoms with E-state index in [1.165, 1.54) is 7.11 Å². The quantitative estimate of drug-likeness (QED) is 0.807. The lowest BCUT2D eigenvalue weighted by molar-refractivity contribution is -0.136. The molecule has 0 bridgehead atoms. The number of nitrogens with one attached hydrogen (secondary N) is 1. The van der Waals surface area contributed by atoms with Crippen molar-refractivity contribution in [1.82, 2.24) is 5.32 Å². The minimum Gasteiger partial charge on any atom is -0.496 e. The molecule has 0 aliphatic carbocycles. The first-order chi connectivity index (χ1) is 8.04. The zero-order chi connectivity index (χ0) is 12.8. The number of rotatable bonds is 5. The van der Waals surface area contributed by atoms with Crippen LogP contribution in [0.5, 0.6) is 5.75 Å². The van der Waals surface area contributed by atoms with Crippen LogP contribution in [0.1, 0.15) is 22.3 Å². The van der Waals surface area contributed by atoms with Gasteiger partial charge < -0.3 is 15.2 Å². The molecule has 5 nitrogen and oxygen atoms in total. The van der Waals surface area contributed by atoms with Crippen molar-refractivity contribution in [2.45, 2.75) is 13.3 Å². The second-order valence-electron chi connectivity index (χ2n) is 3.60. The van der Waals surface area contributed by atoms with E-state index in [-0.39, 0.29) is 18.9 Å². The second-order valence-corrected chi connectivity index (χ2v) is 3.60. The molecule has 0 unspecified atom stereocenters. The summed E-state index contributed by atoms with van der Waals surface area (Å²) >= 11 is 0. The Balaban J connectivity index is 2.71. The molecule has 0 fully saturated rings. The van der Waals surface area contributed by atoms with Crippen LogP contribution >= 0.6 is 0 Å². The Bertz CT molecular complexity index is 429. The molecule has 0 aliphatic heterocycles. The van der Waals surface area contributed by atoms with Crippen LogP contribution in [-0.2, 0) is 4.79 Å². The fraction of sp³-hybridized carbons (Fsp3) is 0.333. The van der Waals surface area contributed by atoms with Gasteiger partial charge in [0.15, 0.2) is 0 Å². The van der Waals surface area contributed by atoms with E-state index in [0.29, 0.717) is 11.3 Å². The third-order valence-electron chi connectivity index (χ3n) is 2.23. The number of benzene rings is 1. The minimum absolute atomic E-state index is 0.0973. The molecule has 0 heterocycles. The first kappa shape index (κ1) is 13.0. The van der Waals surface area contributed by atoms with Crippen molar-refractivity contribution in [2.24, 2.45) is 0 Å². The van der Waals surface area contributed by atoms with Crippen LogP contribution < -0.4 is 10.1 Å². The van der Waals surface area contributed by atoms with Gasteiger partial charge in [0.05, 0.1) is 19.1 Å². The molecule has 0 radical (unpaired) electrons. The highest BCUT2D eigenvalue weighted by atomic mass is 16.5. The molecule has 1 aromatic rings. The van der Waals surface area contributed by atoms with Gasteiger partial charge in [-0.05, 0) is 24.6 Å². The van der Waals surface area contributed by atoms with E-state index in [2.05, 4.69) is 5.32 Å². The van der Waals surface area contributed by atoms with E-state index < -0.39 is 5.97 Å². The summed E-state index contributed by atoms with van der Waals surface area (Å²) in [7, 11) is 1.49. The molecule has 5 heteroatoms. The number of carboxylic acid groups (broad SMARTS) is 1. The van der Waals surface area contributed by atoms with E-state index in [4.69, 9.17) is 9.84 Å². The summed E-state index contributed by atoms with van der Waals surface area (Å²) in [6, 6.07) is 5.21. The maximum atomic E-state index is 11.7. The van der Waals surface area contributed by atoms with Crippen LogP contribution in [0.2, 0.25) is 0 Å².